The summed E-state index contributed by atoms with van der Waals surface area (Å²) >= 11 is 7.69. The number of ether oxygens (including phenoxy) is 2. The van der Waals surface area contributed by atoms with E-state index in [4.69, 9.17) is 21.1 Å². The van der Waals surface area contributed by atoms with E-state index in [2.05, 4.69) is 25.6 Å². The Kier molecular flexibility index (Phi) is 6.08. The second-order valence-electron chi connectivity index (χ2n) is 7.68. The first kappa shape index (κ1) is 22.2. The van der Waals surface area contributed by atoms with E-state index in [9.17, 15) is 0 Å². The van der Waals surface area contributed by atoms with Gasteiger partial charge in [0, 0.05) is 41.5 Å². The van der Waals surface area contributed by atoms with Gasteiger partial charge in [-0.3, -0.25) is 0 Å². The Morgan fingerprint density at radius 1 is 1.00 bits per heavy atom. The van der Waals surface area contributed by atoms with E-state index < -0.39 is 0 Å². The van der Waals surface area contributed by atoms with E-state index in [0.29, 0.717) is 22.3 Å². The van der Waals surface area contributed by atoms with Crippen LogP contribution < -0.4 is 14.8 Å². The molecule has 3 heterocycles. The largest absolute Gasteiger partial charge is 0.497 e. The second kappa shape index (κ2) is 9.32. The Morgan fingerprint density at radius 2 is 1.74 bits per heavy atom. The van der Waals surface area contributed by atoms with Crippen molar-refractivity contribution >= 4 is 39.0 Å². The first-order chi connectivity index (χ1) is 16.6. The molecule has 0 spiro atoms. The Balaban J connectivity index is 1.66. The number of nitrogens with one attached hydrogen (secondary N) is 1. The SMILES string of the molecule is COc1cc(OC)cc([C@@H](Nc2ncnc3scc(-c4ccc(Cl)cc4)c23)c2nccn2C)c1. The maximum absolute atomic E-state index is 6.12. The fourth-order valence-electron chi connectivity index (χ4n) is 3.91. The zero-order valence-electron chi connectivity index (χ0n) is 18.8. The number of benzene rings is 2. The van der Waals surface area contributed by atoms with Crippen LogP contribution in [-0.4, -0.2) is 33.7 Å². The summed E-state index contributed by atoms with van der Waals surface area (Å²) in [5.41, 5.74) is 3.02. The summed E-state index contributed by atoms with van der Waals surface area (Å²) in [5, 5.41) is 7.36. The number of halogens is 1. The molecule has 5 rings (SSSR count). The highest BCUT2D eigenvalue weighted by molar-refractivity contribution is 7.17. The van der Waals surface area contributed by atoms with Crippen molar-refractivity contribution in [2.45, 2.75) is 6.04 Å². The molecule has 0 radical (unpaired) electrons. The number of hydrogen-bond acceptors (Lipinski definition) is 7. The molecule has 1 atom stereocenters. The van der Waals surface area contributed by atoms with Gasteiger partial charge in [-0.15, -0.1) is 11.3 Å². The Labute approximate surface area is 206 Å². The van der Waals surface area contributed by atoms with Gasteiger partial charge in [-0.2, -0.15) is 0 Å². The number of nitrogens with zero attached hydrogens (tertiary/aromatic N) is 4. The first-order valence-corrected chi connectivity index (χ1v) is 11.8. The summed E-state index contributed by atoms with van der Waals surface area (Å²) in [6.45, 7) is 0. The smallest absolute Gasteiger partial charge is 0.139 e. The van der Waals surface area contributed by atoms with E-state index in [-0.39, 0.29) is 6.04 Å². The molecule has 0 aliphatic heterocycles. The Bertz CT molecular complexity index is 1430. The molecule has 0 fully saturated rings. The van der Waals surface area contributed by atoms with E-state index in [1.54, 1.807) is 38.1 Å². The molecule has 0 saturated carbocycles. The van der Waals surface area contributed by atoms with Gasteiger partial charge in [-0.25, -0.2) is 15.0 Å². The van der Waals surface area contributed by atoms with Crippen LogP contribution in [-0.2, 0) is 7.05 Å². The highest BCUT2D eigenvalue weighted by Crippen LogP contribution is 2.39. The van der Waals surface area contributed by atoms with Crippen molar-refractivity contribution in [1.82, 2.24) is 19.5 Å². The first-order valence-electron chi connectivity index (χ1n) is 10.5. The average molecular weight is 492 g/mol. The topological polar surface area (TPSA) is 74.1 Å². The highest BCUT2D eigenvalue weighted by Gasteiger charge is 2.23. The number of hydrogen-bond donors (Lipinski definition) is 1. The zero-order chi connectivity index (χ0) is 23.7. The fourth-order valence-corrected chi connectivity index (χ4v) is 4.95. The van der Waals surface area contributed by atoms with Gasteiger partial charge in [0.1, 0.15) is 40.3 Å². The quantitative estimate of drug-likeness (QED) is 0.302. The molecular formula is C25H22ClN5O2S. The predicted molar refractivity (Wildman–Crippen MR) is 136 cm³/mol. The molecule has 0 amide bonds. The molecule has 1 N–H and O–H groups in total. The number of aromatic nitrogens is 4. The molecule has 0 bridgehead atoms. The van der Waals surface area contributed by atoms with Gasteiger partial charge in [0.2, 0.25) is 0 Å². The molecule has 0 aliphatic rings. The Hall–Kier alpha value is -3.62. The molecule has 5 aromatic rings. The van der Waals surface area contributed by atoms with Gasteiger partial charge in [-0.05, 0) is 35.4 Å². The van der Waals surface area contributed by atoms with E-state index in [0.717, 1.165) is 32.7 Å². The molecule has 172 valence electrons. The number of anilines is 1. The lowest BCUT2D eigenvalue weighted by Crippen LogP contribution is -2.18. The molecule has 0 aliphatic carbocycles. The van der Waals surface area contributed by atoms with Crippen LogP contribution in [0.3, 0.4) is 0 Å². The van der Waals surface area contributed by atoms with Crippen molar-refractivity contribution in [3.8, 4) is 22.6 Å². The zero-order valence-corrected chi connectivity index (χ0v) is 20.4. The van der Waals surface area contributed by atoms with Gasteiger partial charge in [0.25, 0.3) is 0 Å². The van der Waals surface area contributed by atoms with Crippen LogP contribution in [0.4, 0.5) is 5.82 Å². The van der Waals surface area contributed by atoms with Crippen molar-refractivity contribution in [3.05, 3.63) is 83.0 Å². The minimum Gasteiger partial charge on any atom is -0.497 e. The van der Waals surface area contributed by atoms with Gasteiger partial charge in [0.15, 0.2) is 0 Å². The number of rotatable bonds is 7. The minimum atomic E-state index is -0.319. The van der Waals surface area contributed by atoms with Gasteiger partial charge < -0.3 is 19.4 Å². The number of fused-ring (bicyclic) bond motifs is 1. The lowest BCUT2D eigenvalue weighted by molar-refractivity contribution is 0.393. The van der Waals surface area contributed by atoms with Crippen molar-refractivity contribution < 1.29 is 9.47 Å². The molecular weight excluding hydrogens is 470 g/mol. The van der Waals surface area contributed by atoms with Crippen LogP contribution in [0, 0.1) is 0 Å². The monoisotopic (exact) mass is 491 g/mol. The minimum absolute atomic E-state index is 0.319. The molecule has 9 heteroatoms. The van der Waals surface area contributed by atoms with Crippen LogP contribution in [0.1, 0.15) is 17.4 Å². The standard InChI is InChI=1S/C25H22ClN5O2S/c1-31-9-8-27-24(31)22(16-10-18(32-2)12-19(11-16)33-3)30-23-21-20(13-34-25(21)29-14-28-23)15-4-6-17(26)7-5-15/h4-14,22H,1-3H3,(H,28,29,30)/t22-/m1/s1. The summed E-state index contributed by atoms with van der Waals surface area (Å²) < 4.78 is 13.0. The summed E-state index contributed by atoms with van der Waals surface area (Å²) in [4.78, 5) is 14.6. The van der Waals surface area contributed by atoms with Crippen molar-refractivity contribution in [1.29, 1.82) is 0 Å². The van der Waals surface area contributed by atoms with E-state index in [1.807, 2.05) is 60.3 Å². The van der Waals surface area contributed by atoms with Gasteiger partial charge in [0.05, 0.1) is 19.6 Å². The number of aryl methyl sites for hydroxylation is 1. The van der Waals surface area contributed by atoms with Crippen molar-refractivity contribution in [2.75, 3.05) is 19.5 Å². The van der Waals surface area contributed by atoms with Crippen molar-refractivity contribution in [2.24, 2.45) is 7.05 Å². The Morgan fingerprint density at radius 3 is 2.38 bits per heavy atom. The van der Waals surface area contributed by atoms with Crippen LogP contribution in [0.5, 0.6) is 11.5 Å². The van der Waals surface area contributed by atoms with E-state index >= 15 is 0 Å². The van der Waals surface area contributed by atoms with Crippen molar-refractivity contribution in [3.63, 3.8) is 0 Å². The average Bonchev–Trinajstić information content (AvgIpc) is 3.49. The predicted octanol–water partition coefficient (Wildman–Crippen LogP) is 5.96. The second-order valence-corrected chi connectivity index (χ2v) is 8.97. The summed E-state index contributed by atoms with van der Waals surface area (Å²) in [6, 6.07) is 13.3. The fraction of sp³-hybridized carbons (Fsp3) is 0.160. The molecule has 2 aromatic carbocycles. The third-order valence-corrected chi connectivity index (χ3v) is 6.77. The maximum atomic E-state index is 6.12. The van der Waals surface area contributed by atoms with Crippen LogP contribution in [0.25, 0.3) is 21.3 Å². The van der Waals surface area contributed by atoms with Gasteiger partial charge >= 0.3 is 0 Å². The van der Waals surface area contributed by atoms with E-state index in [1.165, 1.54) is 0 Å². The number of imidazole rings is 1. The molecule has 3 aromatic heterocycles. The third kappa shape index (κ3) is 4.18. The number of thiophene rings is 1. The highest BCUT2D eigenvalue weighted by atomic mass is 35.5. The molecule has 34 heavy (non-hydrogen) atoms. The maximum Gasteiger partial charge on any atom is 0.139 e. The summed E-state index contributed by atoms with van der Waals surface area (Å²) in [5.74, 6) is 2.93. The van der Waals surface area contributed by atoms with Gasteiger partial charge in [-0.1, -0.05) is 23.7 Å². The molecule has 7 nitrogen and oxygen atoms in total. The summed E-state index contributed by atoms with van der Waals surface area (Å²) in [6.07, 6.45) is 5.27. The molecule has 0 saturated heterocycles. The van der Waals surface area contributed by atoms with Crippen LogP contribution in [0.2, 0.25) is 5.02 Å². The normalized spacial score (nSPS) is 12.0. The lowest BCUT2D eigenvalue weighted by Gasteiger charge is -2.21. The molecule has 0 unspecified atom stereocenters. The van der Waals surface area contributed by atoms with Crippen LogP contribution in [0.15, 0.2) is 66.6 Å². The summed E-state index contributed by atoms with van der Waals surface area (Å²) in [7, 11) is 5.24. The lowest BCUT2D eigenvalue weighted by atomic mass is 10.0. The third-order valence-electron chi connectivity index (χ3n) is 5.63. The number of methoxy groups -OCH3 is 2. The van der Waals surface area contributed by atoms with Crippen LogP contribution >= 0.6 is 22.9 Å².